The van der Waals surface area contributed by atoms with Gasteiger partial charge in [-0.15, -0.1) is 0 Å². The minimum Gasteiger partial charge on any atom is -0.368 e. The van der Waals surface area contributed by atoms with Gasteiger partial charge >= 0.3 is 0 Å². The second-order valence-corrected chi connectivity index (χ2v) is 6.72. The van der Waals surface area contributed by atoms with E-state index in [4.69, 9.17) is 17.3 Å². The van der Waals surface area contributed by atoms with Gasteiger partial charge < -0.3 is 5.73 Å². The van der Waals surface area contributed by atoms with Gasteiger partial charge in [0.25, 0.3) is 0 Å². The average molecular weight is 427 g/mol. The van der Waals surface area contributed by atoms with Crippen LogP contribution in [0.5, 0.6) is 0 Å². The van der Waals surface area contributed by atoms with Gasteiger partial charge in [0.05, 0.1) is 27.4 Å². The molecule has 4 aromatic rings. The Kier molecular flexibility index (Phi) is 4.44. The number of nitrogens with two attached hydrogens (primary N) is 1. The van der Waals surface area contributed by atoms with Gasteiger partial charge in [0.1, 0.15) is 5.15 Å². The fraction of sp³-hybridized carbons (Fsp3) is 0. The number of hydrogen-bond acceptors (Lipinski definition) is 5. The smallest absolute Gasteiger partial charge is 0.222 e. The van der Waals surface area contributed by atoms with Crippen LogP contribution in [0, 0.1) is 0 Å². The normalized spacial score (nSPS) is 10.8. The van der Waals surface area contributed by atoms with Crippen LogP contribution >= 0.6 is 27.7 Å². The third-order valence-electron chi connectivity index (χ3n) is 3.92. The summed E-state index contributed by atoms with van der Waals surface area (Å²) in [5.74, 6) is 0.885. The van der Waals surface area contributed by atoms with Crippen molar-refractivity contribution in [2.45, 2.75) is 0 Å². The van der Waals surface area contributed by atoms with Crippen molar-refractivity contribution >= 4 is 56.1 Å². The standard InChI is InChI=1S/C19H13BrClN5/c20-26(14-4-2-1-3-5-14)18-15-10-12(13-7-9-17(21)23-11-13)6-8-16(15)24-19(22)25-18/h1-11H,(H2,22,24,25). The molecule has 2 heterocycles. The summed E-state index contributed by atoms with van der Waals surface area (Å²) >= 11 is 9.49. The summed E-state index contributed by atoms with van der Waals surface area (Å²) in [5, 5.41) is 1.33. The molecule has 0 saturated heterocycles. The number of halogens is 2. The highest BCUT2D eigenvalue weighted by molar-refractivity contribution is 9.10. The molecule has 0 bridgehead atoms. The molecule has 0 aliphatic carbocycles. The first-order valence-electron chi connectivity index (χ1n) is 7.82. The SMILES string of the molecule is Nc1nc(N(Br)c2ccccc2)c2cc(-c3ccc(Cl)nc3)ccc2n1. The minimum absolute atomic E-state index is 0.216. The van der Waals surface area contributed by atoms with Crippen molar-refractivity contribution < 1.29 is 0 Å². The van der Waals surface area contributed by atoms with Crippen LogP contribution in [0.4, 0.5) is 17.5 Å². The van der Waals surface area contributed by atoms with Gasteiger partial charge in [-0.3, -0.25) is 3.93 Å². The molecule has 0 aliphatic rings. The fourth-order valence-electron chi connectivity index (χ4n) is 2.69. The van der Waals surface area contributed by atoms with Crippen molar-refractivity contribution in [3.63, 3.8) is 0 Å². The van der Waals surface area contributed by atoms with Crippen molar-refractivity contribution in [1.29, 1.82) is 0 Å². The third-order valence-corrected chi connectivity index (χ3v) is 4.89. The molecule has 0 aliphatic heterocycles. The monoisotopic (exact) mass is 425 g/mol. The zero-order chi connectivity index (χ0) is 18.1. The van der Waals surface area contributed by atoms with E-state index in [0.717, 1.165) is 27.7 Å². The Hall–Kier alpha value is -2.70. The highest BCUT2D eigenvalue weighted by atomic mass is 79.9. The van der Waals surface area contributed by atoms with E-state index < -0.39 is 0 Å². The summed E-state index contributed by atoms with van der Waals surface area (Å²) in [6.45, 7) is 0. The van der Waals surface area contributed by atoms with Gasteiger partial charge in [-0.1, -0.05) is 35.9 Å². The molecule has 2 aromatic carbocycles. The highest BCUT2D eigenvalue weighted by Gasteiger charge is 2.14. The number of aromatic nitrogens is 3. The van der Waals surface area contributed by atoms with E-state index in [1.807, 2.05) is 58.5 Å². The molecule has 2 aromatic heterocycles. The highest BCUT2D eigenvalue weighted by Crippen LogP contribution is 2.35. The van der Waals surface area contributed by atoms with Crippen LogP contribution in [0.25, 0.3) is 22.0 Å². The maximum absolute atomic E-state index is 5.91. The Morgan fingerprint density at radius 3 is 2.42 bits per heavy atom. The van der Waals surface area contributed by atoms with E-state index in [1.54, 1.807) is 12.3 Å². The zero-order valence-corrected chi connectivity index (χ0v) is 15.8. The van der Waals surface area contributed by atoms with Crippen LogP contribution in [0.1, 0.15) is 0 Å². The second kappa shape index (κ2) is 6.90. The molecule has 0 unspecified atom stereocenters. The van der Waals surface area contributed by atoms with Crippen LogP contribution in [-0.4, -0.2) is 15.0 Å². The summed E-state index contributed by atoms with van der Waals surface area (Å²) in [6, 6.07) is 19.4. The molecule has 2 N–H and O–H groups in total. The summed E-state index contributed by atoms with van der Waals surface area (Å²) in [5.41, 5.74) is 9.56. The Bertz CT molecular complexity index is 1070. The van der Waals surface area contributed by atoms with Gasteiger partial charge in [-0.25, -0.2) is 9.97 Å². The summed E-state index contributed by atoms with van der Waals surface area (Å²) in [4.78, 5) is 12.9. The van der Waals surface area contributed by atoms with Gasteiger partial charge in [-0.2, -0.15) is 4.98 Å². The number of para-hydroxylation sites is 1. The number of benzene rings is 2. The number of rotatable bonds is 3. The van der Waals surface area contributed by atoms with E-state index in [2.05, 4.69) is 31.1 Å². The van der Waals surface area contributed by atoms with E-state index in [9.17, 15) is 0 Å². The van der Waals surface area contributed by atoms with Crippen LogP contribution in [0.2, 0.25) is 5.15 Å². The largest absolute Gasteiger partial charge is 0.368 e. The number of anilines is 3. The van der Waals surface area contributed by atoms with E-state index in [1.165, 1.54) is 0 Å². The van der Waals surface area contributed by atoms with Gasteiger partial charge in [-0.05, 0) is 42.0 Å². The molecule has 26 heavy (non-hydrogen) atoms. The lowest BCUT2D eigenvalue weighted by Crippen LogP contribution is -2.07. The molecule has 7 heteroatoms. The first kappa shape index (κ1) is 16.8. The van der Waals surface area contributed by atoms with E-state index in [0.29, 0.717) is 11.0 Å². The van der Waals surface area contributed by atoms with Crippen LogP contribution in [0.3, 0.4) is 0 Å². The average Bonchev–Trinajstić information content (AvgIpc) is 2.68. The molecule has 0 atom stereocenters. The van der Waals surface area contributed by atoms with Crippen molar-refractivity contribution in [2.24, 2.45) is 0 Å². The molecule has 5 nitrogen and oxygen atoms in total. The fourth-order valence-corrected chi connectivity index (χ4v) is 3.31. The quantitative estimate of drug-likeness (QED) is 0.352. The molecule has 0 spiro atoms. The van der Waals surface area contributed by atoms with Crippen molar-refractivity contribution in [3.05, 3.63) is 72.0 Å². The number of hydrogen-bond donors (Lipinski definition) is 1. The first-order valence-corrected chi connectivity index (χ1v) is 8.91. The molecule has 0 radical (unpaired) electrons. The number of fused-ring (bicyclic) bond motifs is 1. The summed E-state index contributed by atoms with van der Waals surface area (Å²) < 4.78 is 1.82. The lowest BCUT2D eigenvalue weighted by atomic mass is 10.1. The molecular weight excluding hydrogens is 414 g/mol. The Labute approximate surface area is 163 Å². The lowest BCUT2D eigenvalue weighted by molar-refractivity contribution is 1.21. The summed E-state index contributed by atoms with van der Waals surface area (Å²) in [6.07, 6.45) is 1.74. The number of nitrogens with zero attached hydrogens (tertiary/aromatic N) is 4. The summed E-state index contributed by atoms with van der Waals surface area (Å²) in [7, 11) is 0. The zero-order valence-electron chi connectivity index (χ0n) is 13.5. The Morgan fingerprint density at radius 2 is 1.69 bits per heavy atom. The molecule has 0 amide bonds. The molecule has 4 rings (SSSR count). The maximum atomic E-state index is 5.91. The van der Waals surface area contributed by atoms with Gasteiger partial charge in [0, 0.05) is 17.1 Å². The number of pyridine rings is 1. The van der Waals surface area contributed by atoms with E-state index in [-0.39, 0.29) is 5.95 Å². The van der Waals surface area contributed by atoms with Crippen molar-refractivity contribution in [1.82, 2.24) is 15.0 Å². The van der Waals surface area contributed by atoms with Gasteiger partial charge in [0.15, 0.2) is 5.82 Å². The molecule has 0 fully saturated rings. The third kappa shape index (κ3) is 3.21. The number of nitrogen functional groups attached to an aromatic ring is 1. The van der Waals surface area contributed by atoms with Crippen molar-refractivity contribution in [3.8, 4) is 11.1 Å². The van der Waals surface area contributed by atoms with Crippen LogP contribution in [0.15, 0.2) is 66.9 Å². The first-order chi connectivity index (χ1) is 12.6. The predicted molar refractivity (Wildman–Crippen MR) is 110 cm³/mol. The Balaban J connectivity index is 1.88. The Morgan fingerprint density at radius 1 is 0.923 bits per heavy atom. The topological polar surface area (TPSA) is 67.9 Å². The molecule has 0 saturated carbocycles. The molecular formula is C19H13BrClN5. The second-order valence-electron chi connectivity index (χ2n) is 5.62. The lowest BCUT2D eigenvalue weighted by Gasteiger charge is -2.18. The molecule has 128 valence electrons. The predicted octanol–water partition coefficient (Wildman–Crippen LogP) is 5.38. The maximum Gasteiger partial charge on any atom is 0.222 e. The van der Waals surface area contributed by atoms with E-state index >= 15 is 0 Å². The minimum atomic E-state index is 0.216. The van der Waals surface area contributed by atoms with Gasteiger partial charge in [0.2, 0.25) is 5.95 Å². The van der Waals surface area contributed by atoms with Crippen LogP contribution in [-0.2, 0) is 0 Å². The van der Waals surface area contributed by atoms with Crippen molar-refractivity contribution in [2.75, 3.05) is 9.66 Å². The van der Waals surface area contributed by atoms with Crippen LogP contribution < -0.4 is 9.66 Å².